The fourth-order valence-corrected chi connectivity index (χ4v) is 3.63. The number of benzene rings is 2. The molecule has 1 aliphatic heterocycles. The smallest absolute Gasteiger partial charge is 0.0995 e. The van der Waals surface area contributed by atoms with Crippen molar-refractivity contribution in [2.24, 2.45) is 0 Å². The molecule has 2 aromatic carbocycles. The lowest BCUT2D eigenvalue weighted by Crippen LogP contribution is -2.44. The van der Waals surface area contributed by atoms with Crippen molar-refractivity contribution in [1.82, 2.24) is 4.90 Å². The number of likely N-dealkylation sites (N-methyl/N-ethyl adjacent to an activating group) is 1. The van der Waals surface area contributed by atoms with E-state index >= 15 is 0 Å². The molecule has 27 heavy (non-hydrogen) atoms. The van der Waals surface area contributed by atoms with Gasteiger partial charge in [-0.3, -0.25) is 0 Å². The van der Waals surface area contributed by atoms with Crippen LogP contribution in [0.15, 0.2) is 42.5 Å². The summed E-state index contributed by atoms with van der Waals surface area (Å²) in [6, 6.07) is 16.6. The molecule has 0 saturated carbocycles. The molecule has 1 fully saturated rings. The SMILES string of the molecule is CCCN(Cc1cc(N2CCN(C)CC2)ccc1C#N)c1ccc(Cl)cc1. The van der Waals surface area contributed by atoms with E-state index in [4.69, 9.17) is 11.6 Å². The summed E-state index contributed by atoms with van der Waals surface area (Å²) in [7, 11) is 2.16. The van der Waals surface area contributed by atoms with Gasteiger partial charge in [-0.15, -0.1) is 0 Å². The fourth-order valence-electron chi connectivity index (χ4n) is 3.51. The Bertz CT molecular complexity index is 789. The molecule has 0 unspecified atom stereocenters. The van der Waals surface area contributed by atoms with Crippen LogP contribution in [0.25, 0.3) is 0 Å². The van der Waals surface area contributed by atoms with Crippen LogP contribution in [-0.4, -0.2) is 44.7 Å². The molecule has 0 atom stereocenters. The lowest BCUT2D eigenvalue weighted by molar-refractivity contribution is 0.313. The van der Waals surface area contributed by atoms with Gasteiger partial charge in [-0.25, -0.2) is 0 Å². The van der Waals surface area contributed by atoms with Crippen molar-refractivity contribution in [2.75, 3.05) is 49.6 Å². The highest BCUT2D eigenvalue weighted by atomic mass is 35.5. The van der Waals surface area contributed by atoms with Crippen molar-refractivity contribution in [1.29, 1.82) is 5.26 Å². The largest absolute Gasteiger partial charge is 0.369 e. The Hall–Kier alpha value is -2.22. The Labute approximate surface area is 167 Å². The minimum atomic E-state index is 0.722. The summed E-state index contributed by atoms with van der Waals surface area (Å²) < 4.78 is 0. The molecule has 1 saturated heterocycles. The lowest BCUT2D eigenvalue weighted by Gasteiger charge is -2.34. The van der Waals surface area contributed by atoms with Crippen molar-refractivity contribution >= 4 is 23.0 Å². The average Bonchev–Trinajstić information content (AvgIpc) is 2.69. The third kappa shape index (κ3) is 4.94. The van der Waals surface area contributed by atoms with Gasteiger partial charge in [0.2, 0.25) is 0 Å². The molecule has 0 spiro atoms. The number of hydrogen-bond acceptors (Lipinski definition) is 4. The summed E-state index contributed by atoms with van der Waals surface area (Å²) in [5.41, 5.74) is 4.18. The van der Waals surface area contributed by atoms with E-state index in [1.165, 1.54) is 5.69 Å². The molecule has 1 heterocycles. The van der Waals surface area contributed by atoms with Crippen molar-refractivity contribution in [2.45, 2.75) is 19.9 Å². The first-order chi connectivity index (χ1) is 13.1. The van der Waals surface area contributed by atoms with Gasteiger partial charge >= 0.3 is 0 Å². The first-order valence-electron chi connectivity index (χ1n) is 9.57. The standard InChI is InChI=1S/C22H27ClN4/c1-3-10-27(21-8-5-20(23)6-9-21)17-19-15-22(7-4-18(19)16-24)26-13-11-25(2)12-14-26/h4-9,15H,3,10-14,17H2,1-2H3. The Morgan fingerprint density at radius 2 is 1.78 bits per heavy atom. The van der Waals surface area contributed by atoms with E-state index in [9.17, 15) is 5.26 Å². The number of nitriles is 1. The second-order valence-electron chi connectivity index (χ2n) is 7.14. The van der Waals surface area contributed by atoms with E-state index in [2.05, 4.69) is 46.9 Å². The van der Waals surface area contributed by atoms with Crippen molar-refractivity contribution in [3.8, 4) is 6.07 Å². The molecule has 4 nitrogen and oxygen atoms in total. The molecule has 0 amide bonds. The van der Waals surface area contributed by atoms with Gasteiger partial charge in [-0.05, 0) is 61.5 Å². The highest BCUT2D eigenvalue weighted by molar-refractivity contribution is 6.30. The highest BCUT2D eigenvalue weighted by Gasteiger charge is 2.17. The van der Waals surface area contributed by atoms with E-state index in [-0.39, 0.29) is 0 Å². The fraction of sp³-hybridized carbons (Fsp3) is 0.409. The molecule has 1 aliphatic rings. The zero-order valence-corrected chi connectivity index (χ0v) is 16.9. The molecule has 0 aliphatic carbocycles. The van der Waals surface area contributed by atoms with Gasteiger partial charge in [0.05, 0.1) is 11.6 Å². The van der Waals surface area contributed by atoms with Gasteiger partial charge in [-0.2, -0.15) is 5.26 Å². The minimum Gasteiger partial charge on any atom is -0.369 e. The van der Waals surface area contributed by atoms with Crippen molar-refractivity contribution in [3.63, 3.8) is 0 Å². The van der Waals surface area contributed by atoms with Crippen LogP contribution in [0.1, 0.15) is 24.5 Å². The molecular formula is C22H27ClN4. The summed E-state index contributed by atoms with van der Waals surface area (Å²) >= 11 is 6.05. The molecule has 0 radical (unpaired) electrons. The number of piperazine rings is 1. The van der Waals surface area contributed by atoms with Crippen molar-refractivity contribution in [3.05, 3.63) is 58.6 Å². The third-order valence-electron chi connectivity index (χ3n) is 5.12. The van der Waals surface area contributed by atoms with E-state index < -0.39 is 0 Å². The molecule has 0 bridgehead atoms. The summed E-state index contributed by atoms with van der Waals surface area (Å²) in [4.78, 5) is 7.09. The van der Waals surface area contributed by atoms with E-state index in [0.717, 1.165) is 67.5 Å². The Morgan fingerprint density at radius 3 is 2.41 bits per heavy atom. The summed E-state index contributed by atoms with van der Waals surface area (Å²) in [6.45, 7) is 8.03. The van der Waals surface area contributed by atoms with Crippen LogP contribution in [0.2, 0.25) is 5.02 Å². The monoisotopic (exact) mass is 382 g/mol. The number of anilines is 2. The molecule has 3 rings (SSSR count). The van der Waals surface area contributed by atoms with Gasteiger partial charge in [0, 0.05) is 55.7 Å². The van der Waals surface area contributed by atoms with Crippen LogP contribution in [-0.2, 0) is 6.54 Å². The number of halogens is 1. The zero-order valence-electron chi connectivity index (χ0n) is 16.2. The molecule has 142 valence electrons. The first kappa shape index (κ1) is 19.5. The maximum absolute atomic E-state index is 9.60. The van der Waals surface area contributed by atoms with Crippen LogP contribution < -0.4 is 9.80 Å². The third-order valence-corrected chi connectivity index (χ3v) is 5.38. The summed E-state index contributed by atoms with van der Waals surface area (Å²) in [5, 5.41) is 10.3. The molecule has 0 aromatic heterocycles. The topological polar surface area (TPSA) is 33.5 Å². The molecule has 0 N–H and O–H groups in total. The number of hydrogen-bond donors (Lipinski definition) is 0. The maximum atomic E-state index is 9.60. The highest BCUT2D eigenvalue weighted by Crippen LogP contribution is 2.25. The second kappa shape index (κ2) is 9.12. The van der Waals surface area contributed by atoms with Gasteiger partial charge < -0.3 is 14.7 Å². The predicted molar refractivity (Wildman–Crippen MR) is 114 cm³/mol. The van der Waals surface area contributed by atoms with Gasteiger partial charge in [0.25, 0.3) is 0 Å². The van der Waals surface area contributed by atoms with E-state index in [0.29, 0.717) is 0 Å². The van der Waals surface area contributed by atoms with Gasteiger partial charge in [0.1, 0.15) is 0 Å². The van der Waals surface area contributed by atoms with E-state index in [1.807, 2.05) is 30.3 Å². The Kier molecular flexibility index (Phi) is 6.60. The Balaban J connectivity index is 1.85. The minimum absolute atomic E-state index is 0.722. The van der Waals surface area contributed by atoms with Gasteiger partial charge in [0.15, 0.2) is 0 Å². The van der Waals surface area contributed by atoms with E-state index in [1.54, 1.807) is 0 Å². The van der Waals surface area contributed by atoms with Crippen LogP contribution in [0, 0.1) is 11.3 Å². The number of rotatable bonds is 6. The molecule has 2 aromatic rings. The summed E-state index contributed by atoms with van der Waals surface area (Å²) in [6.07, 6.45) is 1.04. The first-order valence-corrected chi connectivity index (χ1v) is 9.95. The van der Waals surface area contributed by atoms with Crippen LogP contribution in [0.3, 0.4) is 0 Å². The molecular weight excluding hydrogens is 356 g/mol. The van der Waals surface area contributed by atoms with Crippen LogP contribution >= 0.6 is 11.6 Å². The van der Waals surface area contributed by atoms with Crippen LogP contribution in [0.5, 0.6) is 0 Å². The second-order valence-corrected chi connectivity index (χ2v) is 7.58. The van der Waals surface area contributed by atoms with Crippen molar-refractivity contribution < 1.29 is 0 Å². The number of nitrogens with zero attached hydrogens (tertiary/aromatic N) is 4. The lowest BCUT2D eigenvalue weighted by atomic mass is 10.1. The van der Waals surface area contributed by atoms with Gasteiger partial charge in [-0.1, -0.05) is 18.5 Å². The van der Waals surface area contributed by atoms with Crippen LogP contribution in [0.4, 0.5) is 11.4 Å². The average molecular weight is 383 g/mol. The quantitative estimate of drug-likeness (QED) is 0.742. The maximum Gasteiger partial charge on any atom is 0.0995 e. The molecule has 5 heteroatoms. The zero-order chi connectivity index (χ0) is 19.2. The predicted octanol–water partition coefficient (Wildman–Crippen LogP) is 4.38. The summed E-state index contributed by atoms with van der Waals surface area (Å²) in [5.74, 6) is 0. The Morgan fingerprint density at radius 1 is 1.07 bits per heavy atom. The normalized spacial score (nSPS) is 14.8.